The van der Waals surface area contributed by atoms with E-state index in [9.17, 15) is 22.7 Å². The van der Waals surface area contributed by atoms with Crippen LogP contribution in [0.1, 0.15) is 12.0 Å². The SMILES string of the molecule is Cc1ccc(S(=O)(=O)N2CC(C(=O)O)CC(N(C)C)C2)cc1F. The number of piperidine rings is 1. The summed E-state index contributed by atoms with van der Waals surface area (Å²) in [7, 11) is -0.365. The highest BCUT2D eigenvalue weighted by Crippen LogP contribution is 2.26. The van der Waals surface area contributed by atoms with Gasteiger partial charge in [0.2, 0.25) is 10.0 Å². The van der Waals surface area contributed by atoms with Crippen LogP contribution in [-0.2, 0) is 14.8 Å². The predicted molar refractivity (Wildman–Crippen MR) is 83.1 cm³/mol. The maximum absolute atomic E-state index is 13.7. The van der Waals surface area contributed by atoms with Gasteiger partial charge in [0.1, 0.15) is 5.82 Å². The van der Waals surface area contributed by atoms with E-state index in [2.05, 4.69) is 0 Å². The molecule has 0 aromatic heterocycles. The molecule has 1 N–H and O–H groups in total. The van der Waals surface area contributed by atoms with Gasteiger partial charge in [-0.1, -0.05) is 6.07 Å². The molecule has 0 amide bonds. The number of benzene rings is 1. The van der Waals surface area contributed by atoms with E-state index in [1.54, 1.807) is 21.0 Å². The molecule has 23 heavy (non-hydrogen) atoms. The van der Waals surface area contributed by atoms with Gasteiger partial charge in [-0.15, -0.1) is 0 Å². The Bertz CT molecular complexity index is 705. The highest BCUT2D eigenvalue weighted by atomic mass is 32.2. The summed E-state index contributed by atoms with van der Waals surface area (Å²) in [4.78, 5) is 13.0. The van der Waals surface area contributed by atoms with Gasteiger partial charge in [0.05, 0.1) is 10.8 Å². The van der Waals surface area contributed by atoms with E-state index in [-0.39, 0.29) is 24.0 Å². The summed E-state index contributed by atoms with van der Waals surface area (Å²) in [5.74, 6) is -2.39. The summed E-state index contributed by atoms with van der Waals surface area (Å²) >= 11 is 0. The van der Waals surface area contributed by atoms with Gasteiger partial charge in [0.15, 0.2) is 0 Å². The summed E-state index contributed by atoms with van der Waals surface area (Å²) in [5.41, 5.74) is 0.358. The number of hydrogen-bond donors (Lipinski definition) is 1. The highest BCUT2D eigenvalue weighted by molar-refractivity contribution is 7.89. The molecule has 0 aliphatic carbocycles. The molecular formula is C15H21FN2O4S. The second-order valence-corrected chi connectivity index (χ2v) is 8.06. The Kier molecular flexibility index (Phi) is 5.07. The van der Waals surface area contributed by atoms with Crippen molar-refractivity contribution in [3.8, 4) is 0 Å². The molecule has 2 rings (SSSR count). The zero-order chi connectivity index (χ0) is 17.4. The lowest BCUT2D eigenvalue weighted by Crippen LogP contribution is -2.52. The number of sulfonamides is 1. The van der Waals surface area contributed by atoms with Crippen LogP contribution in [0.3, 0.4) is 0 Å². The molecule has 1 fully saturated rings. The number of nitrogens with zero attached hydrogens (tertiary/aromatic N) is 2. The molecule has 1 aromatic rings. The number of likely N-dealkylation sites (N-methyl/N-ethyl adjacent to an activating group) is 1. The van der Waals surface area contributed by atoms with E-state index in [0.717, 1.165) is 10.4 Å². The molecule has 2 unspecified atom stereocenters. The standard InChI is InChI=1S/C15H21FN2O4S/c1-10-4-5-13(7-14(10)16)23(21,22)18-8-11(15(19)20)6-12(9-18)17(2)3/h4-5,7,11-12H,6,8-9H2,1-3H3,(H,19,20). The van der Waals surface area contributed by atoms with Gasteiger partial charge in [-0.25, -0.2) is 12.8 Å². The van der Waals surface area contributed by atoms with E-state index < -0.39 is 27.7 Å². The van der Waals surface area contributed by atoms with Crippen LogP contribution in [0.5, 0.6) is 0 Å². The van der Waals surface area contributed by atoms with E-state index in [1.165, 1.54) is 12.1 Å². The molecule has 1 aliphatic heterocycles. The summed E-state index contributed by atoms with van der Waals surface area (Å²) in [6.07, 6.45) is 0.386. The molecule has 2 atom stereocenters. The Morgan fingerprint density at radius 1 is 1.35 bits per heavy atom. The fraction of sp³-hybridized carbons (Fsp3) is 0.533. The number of carbonyl (C=O) groups is 1. The highest BCUT2D eigenvalue weighted by Gasteiger charge is 2.38. The number of rotatable bonds is 4. The molecule has 0 radical (unpaired) electrons. The largest absolute Gasteiger partial charge is 0.481 e. The normalized spacial score (nSPS) is 23.2. The molecule has 1 aromatic carbocycles. The van der Waals surface area contributed by atoms with Gasteiger partial charge in [-0.05, 0) is 45.1 Å². The Labute approximate surface area is 135 Å². The minimum Gasteiger partial charge on any atom is -0.481 e. The average molecular weight is 344 g/mol. The minimum absolute atomic E-state index is 0.0997. The van der Waals surface area contributed by atoms with Crippen molar-refractivity contribution < 1.29 is 22.7 Å². The Morgan fingerprint density at radius 3 is 2.52 bits per heavy atom. The lowest BCUT2D eigenvalue weighted by atomic mass is 9.95. The summed E-state index contributed by atoms with van der Waals surface area (Å²) in [5, 5.41) is 9.27. The number of aryl methyl sites for hydroxylation is 1. The first-order chi connectivity index (χ1) is 10.6. The van der Waals surface area contributed by atoms with Crippen molar-refractivity contribution >= 4 is 16.0 Å². The van der Waals surface area contributed by atoms with Gasteiger partial charge in [0, 0.05) is 19.1 Å². The van der Waals surface area contributed by atoms with Crippen LogP contribution in [0.2, 0.25) is 0 Å². The third kappa shape index (κ3) is 3.70. The van der Waals surface area contributed by atoms with Crippen molar-refractivity contribution in [3.63, 3.8) is 0 Å². The first-order valence-corrected chi connectivity index (χ1v) is 8.72. The third-order valence-electron chi connectivity index (χ3n) is 4.26. The molecule has 6 nitrogen and oxygen atoms in total. The topological polar surface area (TPSA) is 77.9 Å². The molecule has 128 valence electrons. The Hall–Kier alpha value is -1.51. The maximum atomic E-state index is 13.7. The van der Waals surface area contributed by atoms with Crippen molar-refractivity contribution in [1.29, 1.82) is 0 Å². The van der Waals surface area contributed by atoms with Crippen LogP contribution in [0.25, 0.3) is 0 Å². The number of hydrogen-bond acceptors (Lipinski definition) is 4. The van der Waals surface area contributed by atoms with Gasteiger partial charge in [0.25, 0.3) is 0 Å². The second kappa shape index (κ2) is 6.54. The minimum atomic E-state index is -3.93. The van der Waals surface area contributed by atoms with Crippen LogP contribution < -0.4 is 0 Å². The lowest BCUT2D eigenvalue weighted by molar-refractivity contribution is -0.143. The van der Waals surface area contributed by atoms with Crippen molar-refractivity contribution in [2.75, 3.05) is 27.2 Å². The van der Waals surface area contributed by atoms with Crippen molar-refractivity contribution in [1.82, 2.24) is 9.21 Å². The van der Waals surface area contributed by atoms with Gasteiger partial charge in [-0.3, -0.25) is 4.79 Å². The molecule has 0 bridgehead atoms. The maximum Gasteiger partial charge on any atom is 0.307 e. The molecule has 1 heterocycles. The van der Waals surface area contributed by atoms with Crippen LogP contribution in [0.15, 0.2) is 23.1 Å². The fourth-order valence-corrected chi connectivity index (χ4v) is 4.20. The third-order valence-corrected chi connectivity index (χ3v) is 6.08. The lowest BCUT2D eigenvalue weighted by Gasteiger charge is -2.38. The van der Waals surface area contributed by atoms with Gasteiger partial charge in [-0.2, -0.15) is 4.31 Å². The first kappa shape index (κ1) is 17.8. The van der Waals surface area contributed by atoms with Crippen molar-refractivity contribution in [3.05, 3.63) is 29.6 Å². The zero-order valence-corrected chi connectivity index (χ0v) is 14.2. The van der Waals surface area contributed by atoms with Gasteiger partial charge >= 0.3 is 5.97 Å². The van der Waals surface area contributed by atoms with Crippen molar-refractivity contribution in [2.45, 2.75) is 24.3 Å². The van der Waals surface area contributed by atoms with Crippen LogP contribution >= 0.6 is 0 Å². The molecule has 0 spiro atoms. The molecular weight excluding hydrogens is 323 g/mol. The number of aliphatic carboxylic acids is 1. The van der Waals surface area contributed by atoms with Crippen LogP contribution in [0, 0.1) is 18.7 Å². The van der Waals surface area contributed by atoms with E-state index in [4.69, 9.17) is 0 Å². The van der Waals surface area contributed by atoms with E-state index in [0.29, 0.717) is 12.0 Å². The summed E-state index contributed by atoms with van der Waals surface area (Å²) in [6.45, 7) is 1.64. The number of carboxylic acid groups (broad SMARTS) is 1. The average Bonchev–Trinajstić information content (AvgIpc) is 2.49. The van der Waals surface area contributed by atoms with E-state index in [1.807, 2.05) is 4.90 Å². The molecule has 0 saturated carbocycles. The Morgan fingerprint density at radius 2 is 2.00 bits per heavy atom. The smallest absolute Gasteiger partial charge is 0.307 e. The Balaban J connectivity index is 2.36. The van der Waals surface area contributed by atoms with Crippen LogP contribution in [-0.4, -0.2) is 61.9 Å². The summed E-state index contributed by atoms with van der Waals surface area (Å²) in [6, 6.07) is 3.54. The van der Waals surface area contributed by atoms with Crippen molar-refractivity contribution in [2.24, 2.45) is 5.92 Å². The second-order valence-electron chi connectivity index (χ2n) is 6.12. The fourth-order valence-electron chi connectivity index (χ4n) is 2.67. The number of carboxylic acids is 1. The van der Waals surface area contributed by atoms with E-state index >= 15 is 0 Å². The quantitative estimate of drug-likeness (QED) is 0.887. The summed E-state index contributed by atoms with van der Waals surface area (Å²) < 4.78 is 40.3. The first-order valence-electron chi connectivity index (χ1n) is 7.28. The molecule has 1 saturated heterocycles. The zero-order valence-electron chi connectivity index (χ0n) is 13.4. The monoisotopic (exact) mass is 344 g/mol. The van der Waals surface area contributed by atoms with Crippen LogP contribution in [0.4, 0.5) is 4.39 Å². The molecule has 8 heteroatoms. The predicted octanol–water partition coefficient (Wildman–Crippen LogP) is 1.16. The molecule has 1 aliphatic rings. The van der Waals surface area contributed by atoms with Gasteiger partial charge < -0.3 is 10.0 Å². The number of halogens is 1.